The number of carbonyl (C=O) groups is 3. The zero-order valence-electron chi connectivity index (χ0n) is 15.5. The van der Waals surface area contributed by atoms with Crippen LogP contribution in [0.5, 0.6) is 0 Å². The summed E-state index contributed by atoms with van der Waals surface area (Å²) in [5.74, 6) is -0.565. The van der Waals surface area contributed by atoms with Gasteiger partial charge in [0.15, 0.2) is 6.10 Å². The molecule has 0 radical (unpaired) electrons. The Morgan fingerprint density at radius 3 is 2.52 bits per heavy atom. The third-order valence-corrected chi connectivity index (χ3v) is 4.17. The van der Waals surface area contributed by atoms with Crippen LogP contribution in [0, 0.1) is 19.8 Å². The number of urea groups is 1. The van der Waals surface area contributed by atoms with E-state index in [1.807, 2.05) is 18.5 Å². The van der Waals surface area contributed by atoms with Crippen molar-refractivity contribution in [1.82, 2.24) is 20.0 Å². The molecule has 1 aliphatic heterocycles. The van der Waals surface area contributed by atoms with Crippen molar-refractivity contribution < 1.29 is 19.1 Å². The lowest BCUT2D eigenvalue weighted by Gasteiger charge is -2.18. The Kier molecular flexibility index (Phi) is 5.81. The number of nitrogens with one attached hydrogen (secondary N) is 1. The van der Waals surface area contributed by atoms with E-state index in [4.69, 9.17) is 4.74 Å². The molecule has 138 valence electrons. The number of ether oxygens (including phenoxy) is 1. The molecule has 0 bridgehead atoms. The summed E-state index contributed by atoms with van der Waals surface area (Å²) in [4.78, 5) is 37.0. The predicted molar refractivity (Wildman–Crippen MR) is 90.9 cm³/mol. The van der Waals surface area contributed by atoms with E-state index in [0.29, 0.717) is 19.0 Å². The molecule has 1 unspecified atom stereocenters. The van der Waals surface area contributed by atoms with E-state index in [1.54, 1.807) is 0 Å². The standard InChI is InChI=1S/C17H26N4O4/c1-10(2)9-21-12(4)14(11(3)19-21)8-15(22)25-13(5)16(23)20-7-6-18-17(20)24/h10,13H,6-9H2,1-5H3,(H,18,24). The molecule has 0 aromatic carbocycles. The van der Waals surface area contributed by atoms with Crippen LogP contribution < -0.4 is 5.32 Å². The van der Waals surface area contributed by atoms with Gasteiger partial charge in [0.2, 0.25) is 0 Å². The fourth-order valence-corrected chi connectivity index (χ4v) is 2.85. The van der Waals surface area contributed by atoms with Crippen LogP contribution in [0.15, 0.2) is 0 Å². The molecule has 1 aromatic heterocycles. The molecule has 2 heterocycles. The number of amides is 3. The summed E-state index contributed by atoms with van der Waals surface area (Å²) in [7, 11) is 0. The quantitative estimate of drug-likeness (QED) is 0.778. The van der Waals surface area contributed by atoms with E-state index in [1.165, 1.54) is 6.92 Å². The topological polar surface area (TPSA) is 93.5 Å². The third-order valence-electron chi connectivity index (χ3n) is 4.17. The summed E-state index contributed by atoms with van der Waals surface area (Å²) in [6.07, 6.45) is -0.942. The lowest BCUT2D eigenvalue weighted by molar-refractivity contribution is -0.156. The maximum atomic E-state index is 12.2. The SMILES string of the molecule is Cc1nn(CC(C)C)c(C)c1CC(=O)OC(C)C(=O)N1CCNC1=O. The van der Waals surface area contributed by atoms with Gasteiger partial charge in [-0.1, -0.05) is 13.8 Å². The Balaban J connectivity index is 1.99. The highest BCUT2D eigenvalue weighted by Crippen LogP contribution is 2.16. The first kappa shape index (κ1) is 19.0. The Morgan fingerprint density at radius 1 is 1.28 bits per heavy atom. The van der Waals surface area contributed by atoms with E-state index in [2.05, 4.69) is 24.3 Å². The summed E-state index contributed by atoms with van der Waals surface area (Å²) in [5.41, 5.74) is 2.54. The highest BCUT2D eigenvalue weighted by atomic mass is 16.5. The number of imide groups is 1. The summed E-state index contributed by atoms with van der Waals surface area (Å²) in [5, 5.41) is 7.02. The minimum absolute atomic E-state index is 0.0551. The lowest BCUT2D eigenvalue weighted by atomic mass is 10.1. The lowest BCUT2D eigenvalue weighted by Crippen LogP contribution is -2.42. The predicted octanol–water partition coefficient (Wildman–Crippen LogP) is 1.18. The Labute approximate surface area is 147 Å². The van der Waals surface area contributed by atoms with Gasteiger partial charge in [0.25, 0.3) is 5.91 Å². The minimum atomic E-state index is -0.998. The van der Waals surface area contributed by atoms with Crippen LogP contribution in [0.1, 0.15) is 37.7 Å². The van der Waals surface area contributed by atoms with Crippen LogP contribution >= 0.6 is 0 Å². The van der Waals surface area contributed by atoms with Crippen molar-refractivity contribution in [3.8, 4) is 0 Å². The molecule has 1 aromatic rings. The fourth-order valence-electron chi connectivity index (χ4n) is 2.85. The highest BCUT2D eigenvalue weighted by molar-refractivity contribution is 5.98. The van der Waals surface area contributed by atoms with Gasteiger partial charge >= 0.3 is 12.0 Å². The molecule has 1 aliphatic rings. The van der Waals surface area contributed by atoms with Crippen molar-refractivity contribution >= 4 is 17.9 Å². The first-order valence-electron chi connectivity index (χ1n) is 8.52. The van der Waals surface area contributed by atoms with Crippen LogP contribution in [0.3, 0.4) is 0 Å². The molecule has 1 saturated heterocycles. The molecule has 3 amide bonds. The average molecular weight is 350 g/mol. The normalized spacial score (nSPS) is 15.4. The molecule has 0 saturated carbocycles. The van der Waals surface area contributed by atoms with Crippen molar-refractivity contribution in [2.24, 2.45) is 5.92 Å². The molecule has 1 fully saturated rings. The van der Waals surface area contributed by atoms with Crippen LogP contribution in [-0.4, -0.2) is 51.8 Å². The van der Waals surface area contributed by atoms with E-state index in [-0.39, 0.29) is 6.42 Å². The largest absolute Gasteiger partial charge is 0.452 e. The zero-order valence-corrected chi connectivity index (χ0v) is 15.5. The molecular formula is C17H26N4O4. The van der Waals surface area contributed by atoms with Crippen molar-refractivity contribution in [3.63, 3.8) is 0 Å². The second-order valence-electron chi connectivity index (χ2n) is 6.76. The molecule has 1 atom stereocenters. The van der Waals surface area contributed by atoms with Crippen molar-refractivity contribution in [3.05, 3.63) is 17.0 Å². The molecule has 25 heavy (non-hydrogen) atoms. The monoisotopic (exact) mass is 350 g/mol. The number of rotatable bonds is 6. The molecule has 8 nitrogen and oxygen atoms in total. The third kappa shape index (κ3) is 4.37. The number of nitrogens with zero attached hydrogens (tertiary/aromatic N) is 3. The van der Waals surface area contributed by atoms with Gasteiger partial charge in [-0.2, -0.15) is 5.10 Å². The average Bonchev–Trinajstić information content (AvgIpc) is 3.05. The van der Waals surface area contributed by atoms with Crippen LogP contribution in [0.25, 0.3) is 0 Å². The highest BCUT2D eigenvalue weighted by Gasteiger charge is 2.31. The maximum Gasteiger partial charge on any atom is 0.324 e. The van der Waals surface area contributed by atoms with E-state index in [9.17, 15) is 14.4 Å². The number of esters is 1. The van der Waals surface area contributed by atoms with Gasteiger partial charge in [0, 0.05) is 30.9 Å². The second-order valence-corrected chi connectivity index (χ2v) is 6.76. The van der Waals surface area contributed by atoms with Gasteiger partial charge in [0.05, 0.1) is 12.1 Å². The Hall–Kier alpha value is -2.38. The summed E-state index contributed by atoms with van der Waals surface area (Å²) in [6.45, 7) is 11.0. The van der Waals surface area contributed by atoms with E-state index >= 15 is 0 Å². The Morgan fingerprint density at radius 2 is 1.96 bits per heavy atom. The fraction of sp³-hybridized carbons (Fsp3) is 0.647. The smallest absolute Gasteiger partial charge is 0.324 e. The van der Waals surface area contributed by atoms with Crippen LogP contribution in [0.2, 0.25) is 0 Å². The molecule has 0 spiro atoms. The molecule has 1 N–H and O–H groups in total. The van der Waals surface area contributed by atoms with Gasteiger partial charge in [0.1, 0.15) is 0 Å². The number of hydrogen-bond donors (Lipinski definition) is 1. The number of hydrogen-bond acceptors (Lipinski definition) is 5. The first-order valence-corrected chi connectivity index (χ1v) is 8.52. The van der Waals surface area contributed by atoms with Gasteiger partial charge in [-0.25, -0.2) is 4.79 Å². The van der Waals surface area contributed by atoms with Gasteiger partial charge in [-0.05, 0) is 26.7 Å². The number of carbonyl (C=O) groups excluding carboxylic acids is 3. The van der Waals surface area contributed by atoms with E-state index in [0.717, 1.165) is 28.4 Å². The maximum absolute atomic E-state index is 12.2. The van der Waals surface area contributed by atoms with Crippen molar-refractivity contribution in [2.45, 2.75) is 53.7 Å². The zero-order chi connectivity index (χ0) is 18.7. The minimum Gasteiger partial charge on any atom is -0.452 e. The summed E-state index contributed by atoms with van der Waals surface area (Å²) >= 11 is 0. The second kappa shape index (κ2) is 7.67. The van der Waals surface area contributed by atoms with Crippen molar-refractivity contribution in [1.29, 1.82) is 0 Å². The molecule has 2 rings (SSSR count). The summed E-state index contributed by atoms with van der Waals surface area (Å²) in [6, 6.07) is -0.449. The Bertz CT molecular complexity index is 680. The van der Waals surface area contributed by atoms with Gasteiger partial charge in [-0.3, -0.25) is 19.2 Å². The van der Waals surface area contributed by atoms with Crippen LogP contribution in [0.4, 0.5) is 4.79 Å². The summed E-state index contributed by atoms with van der Waals surface area (Å²) < 4.78 is 7.12. The van der Waals surface area contributed by atoms with Gasteiger partial charge < -0.3 is 10.1 Å². The molecular weight excluding hydrogens is 324 g/mol. The molecule has 8 heteroatoms. The van der Waals surface area contributed by atoms with Crippen LogP contribution in [-0.2, 0) is 27.3 Å². The van der Waals surface area contributed by atoms with Gasteiger partial charge in [-0.15, -0.1) is 0 Å². The number of aryl methyl sites for hydroxylation is 1. The number of aromatic nitrogens is 2. The van der Waals surface area contributed by atoms with Crippen molar-refractivity contribution in [2.75, 3.05) is 13.1 Å². The molecule has 0 aliphatic carbocycles. The van der Waals surface area contributed by atoms with E-state index < -0.39 is 24.0 Å². The first-order chi connectivity index (χ1) is 11.7.